The van der Waals surface area contributed by atoms with E-state index in [2.05, 4.69) is 0 Å². The lowest BCUT2D eigenvalue weighted by Gasteiger charge is -2.20. The highest BCUT2D eigenvalue weighted by molar-refractivity contribution is 6.30. The van der Waals surface area contributed by atoms with E-state index in [9.17, 15) is 14.7 Å². The molecule has 0 aromatic heterocycles. The quantitative estimate of drug-likeness (QED) is 0.835. The molecule has 1 N–H and O–H groups in total. The Balaban J connectivity index is 1.72. The molecule has 1 unspecified atom stereocenters. The summed E-state index contributed by atoms with van der Waals surface area (Å²) < 4.78 is 0. The predicted octanol–water partition coefficient (Wildman–Crippen LogP) is 4.48. The van der Waals surface area contributed by atoms with Crippen molar-refractivity contribution in [2.45, 2.75) is 31.8 Å². The first-order valence-electron chi connectivity index (χ1n) is 7.94. The van der Waals surface area contributed by atoms with Crippen LogP contribution in [0.2, 0.25) is 10.0 Å². The summed E-state index contributed by atoms with van der Waals surface area (Å²) in [6, 6.07) is 12.6. The van der Waals surface area contributed by atoms with E-state index in [1.165, 1.54) is 0 Å². The molecule has 0 aliphatic carbocycles. The Morgan fingerprint density at radius 3 is 2.28 bits per heavy atom. The van der Waals surface area contributed by atoms with Gasteiger partial charge in [-0.1, -0.05) is 41.4 Å². The van der Waals surface area contributed by atoms with Crippen LogP contribution < -0.4 is 0 Å². The average Bonchev–Trinajstić information content (AvgIpc) is 2.97. The smallest absolute Gasteiger partial charge is 0.303 e. The number of halogens is 2. The number of carboxylic acid groups (broad SMARTS) is 1. The van der Waals surface area contributed by atoms with Gasteiger partial charge in [0.2, 0.25) is 5.91 Å². The molecule has 0 bridgehead atoms. The zero-order valence-electron chi connectivity index (χ0n) is 13.4. The van der Waals surface area contributed by atoms with Crippen LogP contribution in [0.15, 0.2) is 42.5 Å². The van der Waals surface area contributed by atoms with Gasteiger partial charge in [0.15, 0.2) is 0 Å². The highest BCUT2D eigenvalue weighted by atomic mass is 35.5. The van der Waals surface area contributed by atoms with Gasteiger partial charge in [0.25, 0.3) is 0 Å². The fraction of sp³-hybridized carbons (Fsp3) is 0.263. The Kier molecular flexibility index (Phi) is 5.30. The maximum absolute atomic E-state index is 12.7. The Morgan fingerprint density at radius 2 is 1.60 bits per heavy atom. The van der Waals surface area contributed by atoms with Crippen molar-refractivity contribution in [2.24, 2.45) is 0 Å². The molecule has 1 heterocycles. The maximum Gasteiger partial charge on any atom is 0.303 e. The van der Waals surface area contributed by atoms with Gasteiger partial charge in [-0.25, -0.2) is 0 Å². The van der Waals surface area contributed by atoms with Gasteiger partial charge in [0.1, 0.15) is 0 Å². The molecule has 0 saturated carbocycles. The molecule has 1 atom stereocenters. The molecule has 0 radical (unpaired) electrons. The van der Waals surface area contributed by atoms with Crippen molar-refractivity contribution in [1.82, 2.24) is 4.90 Å². The van der Waals surface area contributed by atoms with Crippen molar-refractivity contribution in [2.75, 3.05) is 0 Å². The van der Waals surface area contributed by atoms with E-state index >= 15 is 0 Å². The summed E-state index contributed by atoms with van der Waals surface area (Å²) in [6.07, 6.45) is 0.0512. The number of carboxylic acids is 1. The molecular weight excluding hydrogens is 361 g/mol. The monoisotopic (exact) mass is 377 g/mol. The normalized spacial score (nSPS) is 14.2. The van der Waals surface area contributed by atoms with Gasteiger partial charge < -0.3 is 10.0 Å². The molecule has 130 valence electrons. The summed E-state index contributed by atoms with van der Waals surface area (Å²) in [4.78, 5) is 25.6. The summed E-state index contributed by atoms with van der Waals surface area (Å²) >= 11 is 11.9. The molecular formula is C19H17Cl2NO3. The van der Waals surface area contributed by atoms with Gasteiger partial charge in [-0.05, 0) is 41.0 Å². The standard InChI is InChI=1S/C19H17Cl2NO3/c20-16-4-1-12(2-5-16)14(9-19(24)25)8-18(23)22-10-13-3-6-17(21)7-15(13)11-22/h1-7,14H,8-11H2,(H,24,25). The van der Waals surface area contributed by atoms with E-state index in [0.717, 1.165) is 16.7 Å². The van der Waals surface area contributed by atoms with Crippen molar-refractivity contribution in [3.8, 4) is 0 Å². The minimum atomic E-state index is -0.927. The van der Waals surface area contributed by atoms with Gasteiger partial charge in [-0.2, -0.15) is 0 Å². The van der Waals surface area contributed by atoms with Gasteiger partial charge in [-0.3, -0.25) is 9.59 Å². The third-order valence-corrected chi connectivity index (χ3v) is 4.91. The van der Waals surface area contributed by atoms with E-state index < -0.39 is 5.97 Å². The lowest BCUT2D eigenvalue weighted by molar-refractivity contribution is -0.138. The maximum atomic E-state index is 12.7. The van der Waals surface area contributed by atoms with Crippen LogP contribution in [0.25, 0.3) is 0 Å². The molecule has 4 nitrogen and oxygen atoms in total. The Bertz CT molecular complexity index is 805. The first-order valence-corrected chi connectivity index (χ1v) is 8.70. The fourth-order valence-electron chi connectivity index (χ4n) is 3.13. The van der Waals surface area contributed by atoms with Crippen LogP contribution in [-0.4, -0.2) is 21.9 Å². The lowest BCUT2D eigenvalue weighted by Crippen LogP contribution is -2.27. The van der Waals surface area contributed by atoms with Crippen molar-refractivity contribution in [1.29, 1.82) is 0 Å². The first kappa shape index (κ1) is 17.8. The van der Waals surface area contributed by atoms with Crippen LogP contribution >= 0.6 is 23.2 Å². The van der Waals surface area contributed by atoms with E-state index in [4.69, 9.17) is 23.2 Å². The molecule has 0 spiro atoms. The van der Waals surface area contributed by atoms with Gasteiger partial charge in [-0.15, -0.1) is 0 Å². The number of aliphatic carboxylic acids is 1. The van der Waals surface area contributed by atoms with Crippen LogP contribution in [0.5, 0.6) is 0 Å². The highest BCUT2D eigenvalue weighted by Gasteiger charge is 2.27. The molecule has 2 aromatic carbocycles. The zero-order chi connectivity index (χ0) is 18.0. The van der Waals surface area contributed by atoms with E-state index in [1.807, 2.05) is 18.2 Å². The number of fused-ring (bicyclic) bond motifs is 1. The van der Waals surface area contributed by atoms with Crippen LogP contribution in [0, 0.1) is 0 Å². The van der Waals surface area contributed by atoms with Crippen LogP contribution in [0.4, 0.5) is 0 Å². The summed E-state index contributed by atoms with van der Waals surface area (Å²) in [5, 5.41) is 10.4. The number of rotatable bonds is 5. The van der Waals surface area contributed by atoms with Crippen LogP contribution in [-0.2, 0) is 22.7 Å². The van der Waals surface area contributed by atoms with Crippen LogP contribution in [0.1, 0.15) is 35.4 Å². The number of amides is 1. The van der Waals surface area contributed by atoms with E-state index in [1.54, 1.807) is 29.2 Å². The molecule has 0 fully saturated rings. The van der Waals surface area contributed by atoms with Gasteiger partial charge in [0, 0.05) is 35.5 Å². The molecule has 1 amide bonds. The minimum Gasteiger partial charge on any atom is -0.481 e. The second-order valence-corrected chi connectivity index (χ2v) is 7.09. The number of nitrogens with zero attached hydrogens (tertiary/aromatic N) is 1. The number of carbonyl (C=O) groups excluding carboxylic acids is 1. The summed E-state index contributed by atoms with van der Waals surface area (Å²) in [6.45, 7) is 1.04. The van der Waals surface area contributed by atoms with Crippen LogP contribution in [0.3, 0.4) is 0 Å². The number of hydrogen-bond donors (Lipinski definition) is 1. The Morgan fingerprint density at radius 1 is 0.960 bits per heavy atom. The first-order chi connectivity index (χ1) is 11.9. The Labute approximate surface area is 156 Å². The van der Waals surface area contributed by atoms with Gasteiger partial charge in [0.05, 0.1) is 6.42 Å². The van der Waals surface area contributed by atoms with Gasteiger partial charge >= 0.3 is 5.97 Å². The third kappa shape index (κ3) is 4.33. The van der Waals surface area contributed by atoms with E-state index in [0.29, 0.717) is 23.1 Å². The van der Waals surface area contributed by atoms with Crippen molar-refractivity contribution < 1.29 is 14.7 Å². The van der Waals surface area contributed by atoms with Crippen molar-refractivity contribution in [3.05, 3.63) is 69.2 Å². The van der Waals surface area contributed by atoms with E-state index in [-0.39, 0.29) is 24.7 Å². The summed E-state index contributed by atoms with van der Waals surface area (Å²) in [5.41, 5.74) is 2.93. The second-order valence-electron chi connectivity index (χ2n) is 6.21. The molecule has 25 heavy (non-hydrogen) atoms. The molecule has 3 rings (SSSR count). The summed E-state index contributed by atoms with van der Waals surface area (Å²) in [7, 11) is 0. The van der Waals surface area contributed by atoms with Crippen molar-refractivity contribution in [3.63, 3.8) is 0 Å². The average molecular weight is 378 g/mol. The third-order valence-electron chi connectivity index (χ3n) is 4.43. The predicted molar refractivity (Wildman–Crippen MR) is 96.8 cm³/mol. The fourth-order valence-corrected chi connectivity index (χ4v) is 3.45. The number of carbonyl (C=O) groups is 2. The SMILES string of the molecule is O=C(O)CC(CC(=O)N1Cc2ccc(Cl)cc2C1)c1ccc(Cl)cc1. The zero-order valence-corrected chi connectivity index (χ0v) is 14.9. The van der Waals surface area contributed by atoms with Crippen molar-refractivity contribution >= 4 is 35.1 Å². The molecule has 2 aromatic rings. The largest absolute Gasteiger partial charge is 0.481 e. The topological polar surface area (TPSA) is 57.6 Å². The lowest BCUT2D eigenvalue weighted by atomic mass is 9.92. The highest BCUT2D eigenvalue weighted by Crippen LogP contribution is 2.30. The molecule has 6 heteroatoms. The second kappa shape index (κ2) is 7.46. The summed E-state index contributed by atoms with van der Waals surface area (Å²) in [5.74, 6) is -1.37. The minimum absolute atomic E-state index is 0.0616. The Hall–Kier alpha value is -2.04. The number of hydrogen-bond acceptors (Lipinski definition) is 2. The molecule has 0 saturated heterocycles. The number of benzene rings is 2. The molecule has 1 aliphatic heterocycles. The molecule has 1 aliphatic rings.